The number of carbonyl (C=O) groups is 2. The summed E-state index contributed by atoms with van der Waals surface area (Å²) in [5.74, 6) is -0.424. The van der Waals surface area contributed by atoms with Crippen LogP contribution in [0, 0.1) is 0 Å². The van der Waals surface area contributed by atoms with E-state index in [4.69, 9.17) is 0 Å². The highest BCUT2D eigenvalue weighted by Gasteiger charge is 2.06. The van der Waals surface area contributed by atoms with E-state index >= 15 is 0 Å². The predicted octanol–water partition coefficient (Wildman–Crippen LogP) is 1.80. The summed E-state index contributed by atoms with van der Waals surface area (Å²) in [5.41, 5.74) is 1.27. The van der Waals surface area contributed by atoms with Gasteiger partial charge in [0.15, 0.2) is 0 Å². The molecule has 0 fully saturated rings. The van der Waals surface area contributed by atoms with Gasteiger partial charge in [-0.2, -0.15) is 0 Å². The van der Waals surface area contributed by atoms with Gasteiger partial charge in [0.1, 0.15) is 0 Å². The summed E-state index contributed by atoms with van der Waals surface area (Å²) in [6.45, 7) is 4.19. The minimum Gasteiger partial charge on any atom is -0.465 e. The van der Waals surface area contributed by atoms with Crippen molar-refractivity contribution in [1.82, 2.24) is 5.32 Å². The zero-order valence-electron chi connectivity index (χ0n) is 11.5. The zero-order chi connectivity index (χ0) is 14.3. The van der Waals surface area contributed by atoms with E-state index in [1.54, 1.807) is 24.3 Å². The molecule has 5 nitrogen and oxygen atoms in total. The summed E-state index contributed by atoms with van der Waals surface area (Å²) in [7, 11) is 1.34. The highest BCUT2D eigenvalue weighted by molar-refractivity contribution is 5.89. The first-order valence-corrected chi connectivity index (χ1v) is 6.28. The van der Waals surface area contributed by atoms with Gasteiger partial charge >= 0.3 is 5.97 Å². The Hall–Kier alpha value is -2.04. The molecule has 19 heavy (non-hydrogen) atoms. The van der Waals surface area contributed by atoms with E-state index in [1.165, 1.54) is 7.11 Å². The fraction of sp³-hybridized carbons (Fsp3) is 0.429. The molecule has 1 amide bonds. The van der Waals surface area contributed by atoms with E-state index in [2.05, 4.69) is 15.4 Å². The second-order valence-corrected chi connectivity index (χ2v) is 4.30. The summed E-state index contributed by atoms with van der Waals surface area (Å²) in [6.07, 6.45) is 0.902. The van der Waals surface area contributed by atoms with Gasteiger partial charge in [0.2, 0.25) is 5.91 Å². The van der Waals surface area contributed by atoms with Crippen molar-refractivity contribution in [2.45, 2.75) is 26.3 Å². The van der Waals surface area contributed by atoms with Crippen LogP contribution in [0.5, 0.6) is 0 Å². The van der Waals surface area contributed by atoms with Crippen LogP contribution >= 0.6 is 0 Å². The van der Waals surface area contributed by atoms with Gasteiger partial charge < -0.3 is 15.4 Å². The molecular weight excluding hydrogens is 244 g/mol. The smallest absolute Gasteiger partial charge is 0.337 e. The molecule has 1 aromatic carbocycles. The van der Waals surface area contributed by atoms with E-state index in [9.17, 15) is 9.59 Å². The largest absolute Gasteiger partial charge is 0.465 e. The van der Waals surface area contributed by atoms with Crippen molar-refractivity contribution in [2.75, 3.05) is 19.0 Å². The molecule has 0 aliphatic heterocycles. The molecule has 1 unspecified atom stereocenters. The Balaban J connectivity index is 2.46. The van der Waals surface area contributed by atoms with Crippen molar-refractivity contribution >= 4 is 17.6 Å². The van der Waals surface area contributed by atoms with Crippen molar-refractivity contribution in [3.8, 4) is 0 Å². The number of hydrogen-bond acceptors (Lipinski definition) is 4. The number of methoxy groups -OCH3 is 1. The average molecular weight is 264 g/mol. The van der Waals surface area contributed by atoms with Crippen LogP contribution in [-0.4, -0.2) is 31.6 Å². The zero-order valence-corrected chi connectivity index (χ0v) is 11.5. The lowest BCUT2D eigenvalue weighted by Gasteiger charge is -2.12. The number of amides is 1. The molecule has 0 aliphatic rings. The van der Waals surface area contributed by atoms with Crippen molar-refractivity contribution in [3.63, 3.8) is 0 Å². The third-order valence-electron chi connectivity index (χ3n) is 2.78. The average Bonchev–Trinajstić information content (AvgIpc) is 2.44. The molecule has 1 aromatic rings. The van der Waals surface area contributed by atoms with Crippen LogP contribution < -0.4 is 10.6 Å². The van der Waals surface area contributed by atoms with Crippen LogP contribution in [0.15, 0.2) is 24.3 Å². The third-order valence-corrected chi connectivity index (χ3v) is 2.78. The van der Waals surface area contributed by atoms with Crippen LogP contribution in [0.3, 0.4) is 0 Å². The first-order chi connectivity index (χ1) is 9.06. The molecule has 0 aliphatic carbocycles. The van der Waals surface area contributed by atoms with Gasteiger partial charge in [0, 0.05) is 11.7 Å². The van der Waals surface area contributed by atoms with Gasteiger partial charge in [-0.05, 0) is 37.6 Å². The molecule has 0 heterocycles. The number of hydrogen-bond donors (Lipinski definition) is 2. The van der Waals surface area contributed by atoms with Gasteiger partial charge in [-0.1, -0.05) is 6.92 Å². The minimum absolute atomic E-state index is 0.0496. The van der Waals surface area contributed by atoms with Gasteiger partial charge in [0.05, 0.1) is 19.2 Å². The normalized spacial score (nSPS) is 11.5. The molecule has 0 aromatic heterocycles. The Kier molecular flexibility index (Phi) is 5.85. The maximum atomic E-state index is 11.6. The Morgan fingerprint density at radius 3 is 2.42 bits per heavy atom. The van der Waals surface area contributed by atoms with E-state index in [0.29, 0.717) is 5.56 Å². The lowest BCUT2D eigenvalue weighted by molar-refractivity contribution is -0.120. The summed E-state index contributed by atoms with van der Waals surface area (Å²) in [4.78, 5) is 22.8. The van der Waals surface area contributed by atoms with Crippen molar-refractivity contribution in [2.24, 2.45) is 0 Å². The number of benzene rings is 1. The number of anilines is 1. The molecule has 2 N–H and O–H groups in total. The third kappa shape index (κ3) is 4.99. The Morgan fingerprint density at radius 1 is 1.26 bits per heavy atom. The van der Waals surface area contributed by atoms with Gasteiger partial charge in [0.25, 0.3) is 0 Å². The van der Waals surface area contributed by atoms with E-state index in [1.807, 2.05) is 13.8 Å². The second-order valence-electron chi connectivity index (χ2n) is 4.30. The van der Waals surface area contributed by atoms with Gasteiger partial charge in [-0.3, -0.25) is 4.79 Å². The number of ether oxygens (including phenoxy) is 1. The molecule has 0 radical (unpaired) electrons. The lowest BCUT2D eigenvalue weighted by Crippen LogP contribution is -2.36. The van der Waals surface area contributed by atoms with Gasteiger partial charge in [-0.15, -0.1) is 0 Å². The van der Waals surface area contributed by atoms with Crippen LogP contribution in [0.2, 0.25) is 0 Å². The monoisotopic (exact) mass is 264 g/mol. The summed E-state index contributed by atoms with van der Waals surface area (Å²) in [5, 5.41) is 5.86. The number of carbonyl (C=O) groups excluding carboxylic acids is 2. The molecule has 5 heteroatoms. The standard InChI is InChI=1S/C14H20N2O3/c1-4-10(2)16-13(17)9-15-12-7-5-11(6-8-12)14(18)19-3/h5-8,10,15H,4,9H2,1-3H3,(H,16,17). The van der Waals surface area contributed by atoms with Crippen molar-refractivity contribution < 1.29 is 14.3 Å². The van der Waals surface area contributed by atoms with E-state index < -0.39 is 0 Å². The summed E-state index contributed by atoms with van der Waals surface area (Å²) in [6, 6.07) is 6.96. The first-order valence-electron chi connectivity index (χ1n) is 6.28. The van der Waals surface area contributed by atoms with Crippen LogP contribution in [0.25, 0.3) is 0 Å². The molecule has 104 valence electrons. The molecule has 0 bridgehead atoms. The molecule has 1 rings (SSSR count). The van der Waals surface area contributed by atoms with Gasteiger partial charge in [-0.25, -0.2) is 4.79 Å². The van der Waals surface area contributed by atoms with E-state index in [0.717, 1.165) is 12.1 Å². The minimum atomic E-state index is -0.374. The Morgan fingerprint density at radius 2 is 1.89 bits per heavy atom. The molecular formula is C14H20N2O3. The summed E-state index contributed by atoms with van der Waals surface area (Å²) < 4.78 is 4.61. The summed E-state index contributed by atoms with van der Waals surface area (Å²) >= 11 is 0. The quantitative estimate of drug-likeness (QED) is 0.769. The maximum absolute atomic E-state index is 11.6. The highest BCUT2D eigenvalue weighted by Crippen LogP contribution is 2.09. The second kappa shape index (κ2) is 7.41. The molecule has 0 saturated heterocycles. The van der Waals surface area contributed by atoms with E-state index in [-0.39, 0.29) is 24.5 Å². The number of nitrogens with one attached hydrogen (secondary N) is 2. The number of rotatable bonds is 6. The topological polar surface area (TPSA) is 67.4 Å². The Labute approximate surface area is 113 Å². The first kappa shape index (κ1) is 15.0. The number of esters is 1. The van der Waals surface area contributed by atoms with Crippen LogP contribution in [0.4, 0.5) is 5.69 Å². The van der Waals surface area contributed by atoms with Crippen LogP contribution in [0.1, 0.15) is 30.6 Å². The lowest BCUT2D eigenvalue weighted by atomic mass is 10.2. The predicted molar refractivity (Wildman–Crippen MR) is 74.2 cm³/mol. The highest BCUT2D eigenvalue weighted by atomic mass is 16.5. The Bertz CT molecular complexity index is 429. The van der Waals surface area contributed by atoms with Crippen molar-refractivity contribution in [1.29, 1.82) is 0 Å². The molecule has 0 spiro atoms. The fourth-order valence-electron chi connectivity index (χ4n) is 1.45. The SMILES string of the molecule is CCC(C)NC(=O)CNc1ccc(C(=O)OC)cc1. The molecule has 0 saturated carbocycles. The maximum Gasteiger partial charge on any atom is 0.337 e. The fourth-order valence-corrected chi connectivity index (χ4v) is 1.45. The van der Waals surface area contributed by atoms with Crippen LogP contribution in [-0.2, 0) is 9.53 Å². The molecule has 1 atom stereocenters. The van der Waals surface area contributed by atoms with Crippen molar-refractivity contribution in [3.05, 3.63) is 29.8 Å².